The SMILES string of the molecule is CC1(CO)CCC[C@](C)(CO)O1. The summed E-state index contributed by atoms with van der Waals surface area (Å²) in [6.45, 7) is 3.84. The molecule has 72 valence electrons. The first-order valence-corrected chi connectivity index (χ1v) is 4.45. The van der Waals surface area contributed by atoms with E-state index < -0.39 is 11.2 Å². The minimum absolute atomic E-state index is 0.0303. The van der Waals surface area contributed by atoms with Crippen LogP contribution in [0.4, 0.5) is 0 Å². The molecule has 0 aromatic heterocycles. The third-order valence-corrected chi connectivity index (χ3v) is 2.57. The number of hydrogen-bond donors (Lipinski definition) is 2. The van der Waals surface area contributed by atoms with Gasteiger partial charge < -0.3 is 14.9 Å². The molecule has 0 amide bonds. The molecule has 0 spiro atoms. The van der Waals surface area contributed by atoms with Crippen molar-refractivity contribution in [2.75, 3.05) is 13.2 Å². The van der Waals surface area contributed by atoms with Crippen molar-refractivity contribution in [2.24, 2.45) is 0 Å². The van der Waals surface area contributed by atoms with Crippen molar-refractivity contribution in [1.29, 1.82) is 0 Å². The Labute approximate surface area is 73.4 Å². The fourth-order valence-electron chi connectivity index (χ4n) is 1.76. The summed E-state index contributed by atoms with van der Waals surface area (Å²) < 4.78 is 5.66. The fraction of sp³-hybridized carbons (Fsp3) is 1.00. The highest BCUT2D eigenvalue weighted by atomic mass is 16.5. The van der Waals surface area contributed by atoms with Crippen molar-refractivity contribution >= 4 is 0 Å². The summed E-state index contributed by atoms with van der Waals surface area (Å²) in [4.78, 5) is 0. The summed E-state index contributed by atoms with van der Waals surface area (Å²) in [5, 5.41) is 18.1. The van der Waals surface area contributed by atoms with Crippen molar-refractivity contribution in [1.82, 2.24) is 0 Å². The highest BCUT2D eigenvalue weighted by Crippen LogP contribution is 2.34. The molecule has 0 aromatic rings. The van der Waals surface area contributed by atoms with Gasteiger partial charge in [-0.25, -0.2) is 0 Å². The van der Waals surface area contributed by atoms with Crippen LogP contribution < -0.4 is 0 Å². The van der Waals surface area contributed by atoms with Crippen LogP contribution in [0.1, 0.15) is 33.1 Å². The number of rotatable bonds is 2. The van der Waals surface area contributed by atoms with Crippen LogP contribution in [0.2, 0.25) is 0 Å². The van der Waals surface area contributed by atoms with E-state index in [4.69, 9.17) is 14.9 Å². The Balaban J connectivity index is 2.62. The van der Waals surface area contributed by atoms with Gasteiger partial charge in [0.2, 0.25) is 0 Å². The smallest absolute Gasteiger partial charge is 0.0892 e. The van der Waals surface area contributed by atoms with Crippen molar-refractivity contribution < 1.29 is 14.9 Å². The van der Waals surface area contributed by atoms with Gasteiger partial charge in [-0.15, -0.1) is 0 Å². The van der Waals surface area contributed by atoms with Gasteiger partial charge in [0.1, 0.15) is 0 Å². The first-order valence-electron chi connectivity index (χ1n) is 4.45. The van der Waals surface area contributed by atoms with E-state index in [0.29, 0.717) is 0 Å². The van der Waals surface area contributed by atoms with Gasteiger partial charge in [-0.1, -0.05) is 0 Å². The summed E-state index contributed by atoms with van der Waals surface area (Å²) in [7, 11) is 0. The molecule has 1 aliphatic heterocycles. The Morgan fingerprint density at radius 2 is 1.50 bits per heavy atom. The molecule has 1 heterocycles. The van der Waals surface area contributed by atoms with Crippen molar-refractivity contribution in [3.05, 3.63) is 0 Å². The fourth-order valence-corrected chi connectivity index (χ4v) is 1.76. The van der Waals surface area contributed by atoms with Gasteiger partial charge in [0.25, 0.3) is 0 Å². The molecule has 1 rings (SSSR count). The maximum Gasteiger partial charge on any atom is 0.0892 e. The molecule has 2 N–H and O–H groups in total. The van der Waals surface area contributed by atoms with Crippen LogP contribution in [0, 0.1) is 0 Å². The lowest BCUT2D eigenvalue weighted by Crippen LogP contribution is -2.49. The minimum Gasteiger partial charge on any atom is -0.393 e. The molecule has 0 radical (unpaired) electrons. The van der Waals surface area contributed by atoms with E-state index in [-0.39, 0.29) is 13.2 Å². The summed E-state index contributed by atoms with van der Waals surface area (Å²) in [6.07, 6.45) is 2.76. The standard InChI is InChI=1S/C9H18O3/c1-8(6-10)4-3-5-9(2,7-11)12-8/h10-11H,3-7H2,1-2H3/t8-,9?/m1/s1. The van der Waals surface area contributed by atoms with Crippen molar-refractivity contribution in [3.8, 4) is 0 Å². The second kappa shape index (κ2) is 3.32. The average molecular weight is 174 g/mol. The zero-order valence-corrected chi connectivity index (χ0v) is 7.84. The lowest BCUT2D eigenvalue weighted by molar-refractivity contribution is -0.202. The molecule has 1 saturated heterocycles. The number of ether oxygens (including phenoxy) is 1. The van der Waals surface area contributed by atoms with E-state index in [9.17, 15) is 0 Å². The summed E-state index contributed by atoms with van der Waals surface area (Å²) in [5.74, 6) is 0. The third-order valence-electron chi connectivity index (χ3n) is 2.57. The predicted octanol–water partition coefficient (Wildman–Crippen LogP) is 0.689. The van der Waals surface area contributed by atoms with E-state index in [2.05, 4.69) is 0 Å². The molecule has 2 atom stereocenters. The van der Waals surface area contributed by atoms with E-state index in [0.717, 1.165) is 19.3 Å². The van der Waals surface area contributed by atoms with Crippen LogP contribution >= 0.6 is 0 Å². The zero-order chi connectivity index (χ0) is 9.24. The van der Waals surface area contributed by atoms with Gasteiger partial charge in [0, 0.05) is 0 Å². The quantitative estimate of drug-likeness (QED) is 0.647. The molecule has 1 fully saturated rings. The van der Waals surface area contributed by atoms with Gasteiger partial charge in [-0.05, 0) is 33.1 Å². The Hall–Kier alpha value is -0.120. The lowest BCUT2D eigenvalue weighted by atomic mass is 9.88. The largest absolute Gasteiger partial charge is 0.393 e. The number of aliphatic hydroxyl groups excluding tert-OH is 2. The predicted molar refractivity (Wildman–Crippen MR) is 45.9 cm³/mol. The van der Waals surface area contributed by atoms with Crippen LogP contribution in [0.25, 0.3) is 0 Å². The first kappa shape index (κ1) is 9.96. The normalized spacial score (nSPS) is 43.0. The van der Waals surface area contributed by atoms with E-state index in [1.807, 2.05) is 13.8 Å². The third kappa shape index (κ3) is 1.97. The Morgan fingerprint density at radius 3 is 1.83 bits per heavy atom. The van der Waals surface area contributed by atoms with Gasteiger partial charge in [0.05, 0.1) is 24.4 Å². The van der Waals surface area contributed by atoms with E-state index in [1.54, 1.807) is 0 Å². The second-order valence-electron chi connectivity index (χ2n) is 4.17. The van der Waals surface area contributed by atoms with Gasteiger partial charge >= 0.3 is 0 Å². The summed E-state index contributed by atoms with van der Waals surface area (Å²) >= 11 is 0. The number of hydrogen-bond acceptors (Lipinski definition) is 3. The van der Waals surface area contributed by atoms with Crippen LogP contribution in [-0.4, -0.2) is 34.6 Å². The van der Waals surface area contributed by atoms with Crippen LogP contribution in [0.15, 0.2) is 0 Å². The molecule has 0 saturated carbocycles. The highest BCUT2D eigenvalue weighted by molar-refractivity contribution is 4.88. The maximum absolute atomic E-state index is 9.07. The minimum atomic E-state index is -0.449. The number of aliphatic hydroxyl groups is 2. The van der Waals surface area contributed by atoms with Crippen molar-refractivity contribution in [2.45, 2.75) is 44.3 Å². The summed E-state index contributed by atoms with van der Waals surface area (Å²) in [6, 6.07) is 0. The van der Waals surface area contributed by atoms with Gasteiger partial charge in [-0.2, -0.15) is 0 Å². The molecule has 3 nitrogen and oxygen atoms in total. The molecule has 0 aliphatic carbocycles. The molecule has 0 bridgehead atoms. The topological polar surface area (TPSA) is 49.7 Å². The molecule has 1 aliphatic rings. The Kier molecular flexibility index (Phi) is 2.76. The zero-order valence-electron chi connectivity index (χ0n) is 7.84. The van der Waals surface area contributed by atoms with E-state index >= 15 is 0 Å². The molecule has 3 heteroatoms. The Bertz CT molecular complexity index is 144. The van der Waals surface area contributed by atoms with E-state index in [1.165, 1.54) is 0 Å². The maximum atomic E-state index is 9.07. The molecule has 12 heavy (non-hydrogen) atoms. The molecular weight excluding hydrogens is 156 g/mol. The monoisotopic (exact) mass is 174 g/mol. The van der Waals surface area contributed by atoms with Crippen LogP contribution in [0.5, 0.6) is 0 Å². The lowest BCUT2D eigenvalue weighted by Gasteiger charge is -2.43. The van der Waals surface area contributed by atoms with Gasteiger partial charge in [-0.3, -0.25) is 0 Å². The highest BCUT2D eigenvalue weighted by Gasteiger charge is 2.39. The van der Waals surface area contributed by atoms with Crippen LogP contribution in [-0.2, 0) is 4.74 Å². The van der Waals surface area contributed by atoms with Crippen molar-refractivity contribution in [3.63, 3.8) is 0 Å². The first-order chi connectivity index (χ1) is 5.54. The molecule has 1 unspecified atom stereocenters. The van der Waals surface area contributed by atoms with Gasteiger partial charge in [0.15, 0.2) is 0 Å². The second-order valence-corrected chi connectivity index (χ2v) is 4.17. The van der Waals surface area contributed by atoms with Crippen LogP contribution in [0.3, 0.4) is 0 Å². The molecular formula is C9H18O3. The molecule has 0 aromatic carbocycles. The Morgan fingerprint density at radius 1 is 1.08 bits per heavy atom. The average Bonchev–Trinajstić information content (AvgIpc) is 2.05. The summed E-state index contributed by atoms with van der Waals surface area (Å²) in [5.41, 5.74) is -0.897.